The van der Waals surface area contributed by atoms with Crippen molar-refractivity contribution in [2.24, 2.45) is 5.10 Å². The maximum absolute atomic E-state index is 13.7. The fraction of sp³-hybridized carbons (Fsp3) is 0.185. The summed E-state index contributed by atoms with van der Waals surface area (Å²) in [7, 11) is 1.62. The van der Waals surface area contributed by atoms with E-state index in [4.69, 9.17) is 4.74 Å². The Labute approximate surface area is 196 Å². The molecule has 34 heavy (non-hydrogen) atoms. The summed E-state index contributed by atoms with van der Waals surface area (Å²) in [5, 5.41) is 7.31. The molecule has 0 unspecified atom stereocenters. The quantitative estimate of drug-likeness (QED) is 0.458. The normalized spacial score (nSPS) is 20.2. The molecule has 2 aliphatic heterocycles. The Balaban J connectivity index is 1.39. The number of amides is 1. The van der Waals surface area contributed by atoms with Crippen LogP contribution in [0.15, 0.2) is 77.9 Å². The van der Waals surface area contributed by atoms with E-state index < -0.39 is 6.17 Å². The molecule has 0 saturated carbocycles. The number of nitrogens with zero attached hydrogens (tertiary/aromatic N) is 3. The van der Waals surface area contributed by atoms with Crippen molar-refractivity contribution in [1.29, 1.82) is 0 Å². The van der Waals surface area contributed by atoms with Gasteiger partial charge in [-0.2, -0.15) is 5.10 Å². The topological polar surface area (TPSA) is 60.9 Å². The number of nitrogens with one attached hydrogen (secondary N) is 1. The number of fused-ring (bicyclic) bond motifs is 4. The molecule has 170 valence electrons. The van der Waals surface area contributed by atoms with Crippen molar-refractivity contribution in [2.75, 3.05) is 7.11 Å². The number of benzene rings is 3. The van der Waals surface area contributed by atoms with Crippen molar-refractivity contribution in [3.8, 4) is 5.75 Å². The van der Waals surface area contributed by atoms with Crippen LogP contribution >= 0.6 is 0 Å². The van der Waals surface area contributed by atoms with Crippen LogP contribution in [-0.2, 0) is 17.8 Å². The zero-order valence-corrected chi connectivity index (χ0v) is 18.6. The second-order valence-electron chi connectivity index (χ2n) is 8.65. The zero-order chi connectivity index (χ0) is 23.2. The Bertz CT molecular complexity index is 1390. The van der Waals surface area contributed by atoms with E-state index in [1.165, 1.54) is 22.7 Å². The van der Waals surface area contributed by atoms with Gasteiger partial charge in [0.1, 0.15) is 17.7 Å². The Kier molecular flexibility index (Phi) is 4.92. The number of para-hydroxylation sites is 1. The lowest BCUT2D eigenvalue weighted by Crippen LogP contribution is -2.39. The molecule has 0 radical (unpaired) electrons. The lowest BCUT2D eigenvalue weighted by Gasteiger charge is -2.32. The SMILES string of the molecule is COc1ccc(/C=N\N2C(=O)[C@@H]3Cc4c([nH]c5ccccc45)CN3[C@H]2c2ccc(F)cc2)cc1. The first-order valence-corrected chi connectivity index (χ1v) is 11.2. The van der Waals surface area contributed by atoms with Crippen LogP contribution in [0.25, 0.3) is 10.9 Å². The van der Waals surface area contributed by atoms with Crippen LogP contribution in [0.3, 0.4) is 0 Å². The second-order valence-corrected chi connectivity index (χ2v) is 8.65. The van der Waals surface area contributed by atoms with Crippen molar-refractivity contribution in [3.05, 3.63) is 101 Å². The van der Waals surface area contributed by atoms with Gasteiger partial charge in [0.25, 0.3) is 5.91 Å². The summed E-state index contributed by atoms with van der Waals surface area (Å²) < 4.78 is 18.9. The third-order valence-electron chi connectivity index (χ3n) is 6.71. The Hall–Kier alpha value is -3.97. The third kappa shape index (κ3) is 3.36. The third-order valence-corrected chi connectivity index (χ3v) is 6.71. The lowest BCUT2D eigenvalue weighted by molar-refractivity contribution is -0.130. The molecule has 1 aromatic heterocycles. The van der Waals surface area contributed by atoms with E-state index >= 15 is 0 Å². The molecule has 3 heterocycles. The molecule has 2 atom stereocenters. The summed E-state index contributed by atoms with van der Waals surface area (Å²) in [4.78, 5) is 19.3. The molecule has 3 aromatic carbocycles. The van der Waals surface area contributed by atoms with Gasteiger partial charge in [-0.1, -0.05) is 30.3 Å². The molecule has 6 rings (SSSR count). The largest absolute Gasteiger partial charge is 0.497 e. The van der Waals surface area contributed by atoms with Crippen molar-refractivity contribution in [3.63, 3.8) is 0 Å². The molecule has 0 aliphatic carbocycles. The van der Waals surface area contributed by atoms with E-state index in [1.54, 1.807) is 25.5 Å². The number of halogens is 1. The average molecular weight is 455 g/mol. The van der Waals surface area contributed by atoms with Crippen LogP contribution in [0.5, 0.6) is 5.75 Å². The molecule has 2 aliphatic rings. The fourth-order valence-corrected chi connectivity index (χ4v) is 5.03. The van der Waals surface area contributed by atoms with E-state index in [-0.39, 0.29) is 17.8 Å². The molecule has 7 heteroatoms. The van der Waals surface area contributed by atoms with Crippen LogP contribution in [0, 0.1) is 5.82 Å². The number of H-pyrrole nitrogens is 1. The average Bonchev–Trinajstić information content (AvgIpc) is 3.36. The smallest absolute Gasteiger partial charge is 0.262 e. The maximum Gasteiger partial charge on any atom is 0.262 e. The highest BCUT2D eigenvalue weighted by Gasteiger charge is 2.49. The summed E-state index contributed by atoms with van der Waals surface area (Å²) >= 11 is 0. The first-order chi connectivity index (χ1) is 16.6. The minimum atomic E-state index is -0.424. The predicted octanol–water partition coefficient (Wildman–Crippen LogP) is 4.62. The number of rotatable bonds is 4. The number of carbonyl (C=O) groups is 1. The number of carbonyl (C=O) groups excluding carboxylic acids is 1. The van der Waals surface area contributed by atoms with Gasteiger partial charge in [0.15, 0.2) is 0 Å². The van der Waals surface area contributed by atoms with Crippen LogP contribution in [-0.4, -0.2) is 40.2 Å². The number of hydrogen-bond donors (Lipinski definition) is 1. The number of methoxy groups -OCH3 is 1. The molecular weight excluding hydrogens is 431 g/mol. The number of hydrogen-bond acceptors (Lipinski definition) is 4. The van der Waals surface area contributed by atoms with Crippen LogP contribution in [0.1, 0.15) is 28.6 Å². The highest BCUT2D eigenvalue weighted by molar-refractivity contribution is 5.90. The molecule has 4 aromatic rings. The fourth-order valence-electron chi connectivity index (χ4n) is 5.03. The second kappa shape index (κ2) is 8.11. The number of aromatic nitrogens is 1. The van der Waals surface area contributed by atoms with Gasteiger partial charge in [-0.05, 0) is 65.6 Å². The van der Waals surface area contributed by atoms with E-state index in [1.807, 2.05) is 36.4 Å². The van der Waals surface area contributed by atoms with Crippen molar-refractivity contribution >= 4 is 23.0 Å². The zero-order valence-electron chi connectivity index (χ0n) is 18.6. The minimum Gasteiger partial charge on any atom is -0.497 e. The van der Waals surface area contributed by atoms with Crippen molar-refractivity contribution in [1.82, 2.24) is 14.9 Å². The molecule has 1 fully saturated rings. The van der Waals surface area contributed by atoms with Gasteiger partial charge in [-0.25, -0.2) is 9.40 Å². The number of aromatic amines is 1. The van der Waals surface area contributed by atoms with Gasteiger partial charge < -0.3 is 9.72 Å². The van der Waals surface area contributed by atoms with Crippen molar-refractivity contribution in [2.45, 2.75) is 25.2 Å². The van der Waals surface area contributed by atoms with Gasteiger partial charge >= 0.3 is 0 Å². The number of ether oxygens (including phenoxy) is 1. The Morgan fingerprint density at radius 1 is 1.06 bits per heavy atom. The number of hydrazone groups is 1. The minimum absolute atomic E-state index is 0.0602. The lowest BCUT2D eigenvalue weighted by atomic mass is 9.97. The molecule has 6 nitrogen and oxygen atoms in total. The van der Waals surface area contributed by atoms with Crippen LogP contribution in [0.4, 0.5) is 4.39 Å². The summed E-state index contributed by atoms with van der Waals surface area (Å²) in [6.07, 6.45) is 1.86. The first-order valence-electron chi connectivity index (χ1n) is 11.2. The van der Waals surface area contributed by atoms with E-state index in [0.29, 0.717) is 13.0 Å². The highest BCUT2D eigenvalue weighted by Crippen LogP contribution is 2.42. The molecule has 0 spiro atoms. The highest BCUT2D eigenvalue weighted by atomic mass is 19.1. The summed E-state index contributed by atoms with van der Waals surface area (Å²) in [5.41, 5.74) is 5.05. The van der Waals surface area contributed by atoms with E-state index in [2.05, 4.69) is 27.1 Å². The van der Waals surface area contributed by atoms with Crippen LogP contribution < -0.4 is 4.74 Å². The van der Waals surface area contributed by atoms with E-state index in [9.17, 15) is 9.18 Å². The van der Waals surface area contributed by atoms with Gasteiger partial charge in [0.05, 0.1) is 19.4 Å². The van der Waals surface area contributed by atoms with Gasteiger partial charge in [-0.3, -0.25) is 9.69 Å². The Morgan fingerprint density at radius 3 is 2.59 bits per heavy atom. The standard InChI is InChI=1S/C27H23FN4O2/c1-34-20-12-6-17(7-13-20)15-29-32-26(18-8-10-19(28)11-9-18)31-16-24-22(14-25(31)27(32)33)21-4-2-3-5-23(21)30-24/h2-13,15,25-26,30H,14,16H2,1H3/b29-15-/t25-,26+/m0/s1. The van der Waals surface area contributed by atoms with E-state index in [0.717, 1.165) is 33.5 Å². The van der Waals surface area contributed by atoms with Crippen molar-refractivity contribution < 1.29 is 13.9 Å². The molecule has 1 saturated heterocycles. The summed E-state index contributed by atoms with van der Waals surface area (Å²) in [6, 6.07) is 21.6. The first kappa shape index (κ1) is 20.6. The maximum atomic E-state index is 13.7. The predicted molar refractivity (Wildman–Crippen MR) is 128 cm³/mol. The summed E-state index contributed by atoms with van der Waals surface area (Å²) in [6.45, 7) is 0.580. The van der Waals surface area contributed by atoms with Gasteiger partial charge in [0.2, 0.25) is 0 Å². The summed E-state index contributed by atoms with van der Waals surface area (Å²) in [5.74, 6) is 0.383. The van der Waals surface area contributed by atoms with Gasteiger partial charge in [0, 0.05) is 23.1 Å². The molecule has 1 amide bonds. The molecule has 1 N–H and O–H groups in total. The molecule has 0 bridgehead atoms. The monoisotopic (exact) mass is 454 g/mol. The Morgan fingerprint density at radius 2 is 1.82 bits per heavy atom. The molecular formula is C27H23FN4O2. The van der Waals surface area contributed by atoms with Crippen LogP contribution in [0.2, 0.25) is 0 Å². The van der Waals surface area contributed by atoms with Gasteiger partial charge in [-0.15, -0.1) is 0 Å².